The van der Waals surface area contributed by atoms with Gasteiger partial charge in [0.15, 0.2) is 0 Å². The van der Waals surface area contributed by atoms with Gasteiger partial charge < -0.3 is 5.73 Å². The predicted molar refractivity (Wildman–Crippen MR) is 71.7 cm³/mol. The zero-order valence-electron chi connectivity index (χ0n) is 9.69. The SMILES string of the molecule is C=C1c2ccccc2C[C@@H](N)c2ccccc21. The molecule has 0 bridgehead atoms. The Morgan fingerprint density at radius 3 is 2.41 bits per heavy atom. The molecular weight excluding hydrogens is 206 g/mol. The number of rotatable bonds is 0. The lowest BCUT2D eigenvalue weighted by Crippen LogP contribution is -2.13. The highest BCUT2D eigenvalue weighted by Gasteiger charge is 2.20. The number of hydrogen-bond acceptors (Lipinski definition) is 1. The second-order valence-corrected chi connectivity index (χ2v) is 4.53. The van der Waals surface area contributed by atoms with Crippen LogP contribution in [0.15, 0.2) is 55.1 Å². The number of hydrogen-bond donors (Lipinski definition) is 1. The van der Waals surface area contributed by atoms with Crippen LogP contribution in [-0.2, 0) is 6.42 Å². The van der Waals surface area contributed by atoms with E-state index in [2.05, 4.69) is 43.0 Å². The zero-order valence-corrected chi connectivity index (χ0v) is 9.69. The summed E-state index contributed by atoms with van der Waals surface area (Å²) in [6.07, 6.45) is 0.881. The standard InChI is InChI=1S/C16H15N/c1-11-13-7-3-2-6-12(13)10-16(17)15-9-5-4-8-14(11)15/h2-9,16H,1,10,17H2/t16-/m1/s1. The van der Waals surface area contributed by atoms with Crippen LogP contribution in [0, 0.1) is 0 Å². The van der Waals surface area contributed by atoms with Gasteiger partial charge in [-0.05, 0) is 34.2 Å². The van der Waals surface area contributed by atoms with Gasteiger partial charge in [-0.3, -0.25) is 0 Å². The first-order chi connectivity index (χ1) is 8.27. The molecule has 1 nitrogen and oxygen atoms in total. The van der Waals surface area contributed by atoms with E-state index in [1.165, 1.54) is 22.3 Å². The van der Waals surface area contributed by atoms with E-state index in [0.717, 1.165) is 12.0 Å². The third-order valence-electron chi connectivity index (χ3n) is 3.47. The maximum absolute atomic E-state index is 6.28. The highest BCUT2D eigenvalue weighted by Crippen LogP contribution is 2.35. The Hall–Kier alpha value is -1.86. The average Bonchev–Trinajstić information content (AvgIpc) is 2.48. The van der Waals surface area contributed by atoms with Crippen molar-refractivity contribution in [3.05, 3.63) is 77.4 Å². The molecule has 0 heterocycles. The van der Waals surface area contributed by atoms with E-state index >= 15 is 0 Å². The van der Waals surface area contributed by atoms with Crippen molar-refractivity contribution in [1.82, 2.24) is 0 Å². The van der Waals surface area contributed by atoms with Crippen LogP contribution in [0.1, 0.15) is 28.3 Å². The fraction of sp³-hybridized carbons (Fsp3) is 0.125. The quantitative estimate of drug-likeness (QED) is 0.725. The zero-order chi connectivity index (χ0) is 11.8. The molecule has 0 radical (unpaired) electrons. The molecule has 1 heteroatoms. The van der Waals surface area contributed by atoms with Crippen LogP contribution in [-0.4, -0.2) is 0 Å². The predicted octanol–water partition coefficient (Wildman–Crippen LogP) is 3.30. The van der Waals surface area contributed by atoms with Crippen LogP contribution in [0.25, 0.3) is 5.57 Å². The lowest BCUT2D eigenvalue weighted by molar-refractivity contribution is 0.724. The van der Waals surface area contributed by atoms with Crippen molar-refractivity contribution in [2.24, 2.45) is 5.73 Å². The van der Waals surface area contributed by atoms with Crippen molar-refractivity contribution in [3.63, 3.8) is 0 Å². The molecule has 0 saturated carbocycles. The van der Waals surface area contributed by atoms with E-state index in [-0.39, 0.29) is 6.04 Å². The van der Waals surface area contributed by atoms with Gasteiger partial charge in [0.25, 0.3) is 0 Å². The molecule has 2 N–H and O–H groups in total. The minimum atomic E-state index is 0.0617. The molecule has 0 aliphatic heterocycles. The fourth-order valence-electron chi connectivity index (χ4n) is 2.58. The summed E-state index contributed by atoms with van der Waals surface area (Å²) < 4.78 is 0. The Labute approximate surface area is 102 Å². The molecule has 0 amide bonds. The highest BCUT2D eigenvalue weighted by atomic mass is 14.6. The van der Waals surface area contributed by atoms with Crippen molar-refractivity contribution in [3.8, 4) is 0 Å². The van der Waals surface area contributed by atoms with E-state index < -0.39 is 0 Å². The lowest BCUT2D eigenvalue weighted by atomic mass is 9.95. The molecule has 2 aromatic rings. The lowest BCUT2D eigenvalue weighted by Gasteiger charge is -2.12. The maximum atomic E-state index is 6.28. The summed E-state index contributed by atoms with van der Waals surface area (Å²) >= 11 is 0. The number of fused-ring (bicyclic) bond motifs is 2. The van der Waals surface area contributed by atoms with Crippen molar-refractivity contribution in [1.29, 1.82) is 0 Å². The van der Waals surface area contributed by atoms with E-state index in [4.69, 9.17) is 5.73 Å². The largest absolute Gasteiger partial charge is 0.324 e. The monoisotopic (exact) mass is 221 g/mol. The van der Waals surface area contributed by atoms with Gasteiger partial charge in [-0.1, -0.05) is 55.1 Å². The highest BCUT2D eigenvalue weighted by molar-refractivity contribution is 5.82. The molecule has 84 valence electrons. The minimum Gasteiger partial charge on any atom is -0.324 e. The first-order valence-electron chi connectivity index (χ1n) is 5.89. The van der Waals surface area contributed by atoms with Gasteiger partial charge in [0.05, 0.1) is 0 Å². The minimum absolute atomic E-state index is 0.0617. The third kappa shape index (κ3) is 1.60. The van der Waals surface area contributed by atoms with Gasteiger partial charge in [-0.15, -0.1) is 0 Å². The summed E-state index contributed by atoms with van der Waals surface area (Å²) in [5.74, 6) is 0. The van der Waals surface area contributed by atoms with Crippen LogP contribution in [0.5, 0.6) is 0 Å². The molecule has 0 spiro atoms. The van der Waals surface area contributed by atoms with Gasteiger partial charge in [-0.25, -0.2) is 0 Å². The molecule has 17 heavy (non-hydrogen) atoms. The maximum Gasteiger partial charge on any atom is 0.0342 e. The molecular formula is C16H15N. The summed E-state index contributed by atoms with van der Waals surface area (Å²) in [5.41, 5.74) is 12.3. The van der Waals surface area contributed by atoms with Crippen molar-refractivity contribution in [2.75, 3.05) is 0 Å². The van der Waals surface area contributed by atoms with Crippen LogP contribution in [0.4, 0.5) is 0 Å². The Morgan fingerprint density at radius 2 is 1.59 bits per heavy atom. The van der Waals surface area contributed by atoms with E-state index in [9.17, 15) is 0 Å². The van der Waals surface area contributed by atoms with E-state index in [1.54, 1.807) is 0 Å². The summed E-state index contributed by atoms with van der Waals surface area (Å²) in [4.78, 5) is 0. The van der Waals surface area contributed by atoms with Crippen LogP contribution < -0.4 is 5.73 Å². The van der Waals surface area contributed by atoms with Crippen molar-refractivity contribution >= 4 is 5.57 Å². The molecule has 2 aromatic carbocycles. The van der Waals surface area contributed by atoms with Crippen molar-refractivity contribution < 1.29 is 0 Å². The summed E-state index contributed by atoms with van der Waals surface area (Å²) in [7, 11) is 0. The Bertz CT molecular complexity index is 584. The van der Waals surface area contributed by atoms with Crippen molar-refractivity contribution in [2.45, 2.75) is 12.5 Å². The van der Waals surface area contributed by atoms with Gasteiger partial charge in [0, 0.05) is 6.04 Å². The smallest absolute Gasteiger partial charge is 0.0342 e. The summed E-state index contributed by atoms with van der Waals surface area (Å²) in [6, 6.07) is 16.8. The number of nitrogens with two attached hydrogens (primary N) is 1. The normalized spacial score (nSPS) is 18.2. The Kier molecular flexibility index (Phi) is 2.34. The number of benzene rings is 2. The topological polar surface area (TPSA) is 26.0 Å². The van der Waals surface area contributed by atoms with Crippen LogP contribution in [0.2, 0.25) is 0 Å². The van der Waals surface area contributed by atoms with E-state index in [1.807, 2.05) is 12.1 Å². The molecule has 3 rings (SSSR count). The summed E-state index contributed by atoms with van der Waals surface area (Å²) in [5, 5.41) is 0. The first kappa shape index (κ1) is 10.3. The Morgan fingerprint density at radius 1 is 0.941 bits per heavy atom. The molecule has 0 aromatic heterocycles. The van der Waals surface area contributed by atoms with Crippen LogP contribution in [0.3, 0.4) is 0 Å². The van der Waals surface area contributed by atoms with Gasteiger partial charge in [-0.2, -0.15) is 0 Å². The molecule has 0 fully saturated rings. The van der Waals surface area contributed by atoms with Gasteiger partial charge in [0.2, 0.25) is 0 Å². The average molecular weight is 221 g/mol. The second-order valence-electron chi connectivity index (χ2n) is 4.53. The molecule has 0 saturated heterocycles. The molecule has 1 atom stereocenters. The summed E-state index contributed by atoms with van der Waals surface area (Å²) in [6.45, 7) is 4.24. The second kappa shape index (κ2) is 3.86. The third-order valence-corrected chi connectivity index (χ3v) is 3.47. The fourth-order valence-corrected chi connectivity index (χ4v) is 2.58. The first-order valence-corrected chi connectivity index (χ1v) is 5.89. The van der Waals surface area contributed by atoms with Gasteiger partial charge >= 0.3 is 0 Å². The van der Waals surface area contributed by atoms with Crippen LogP contribution >= 0.6 is 0 Å². The molecule has 0 unspecified atom stereocenters. The molecule has 1 aliphatic rings. The molecule has 1 aliphatic carbocycles. The van der Waals surface area contributed by atoms with E-state index in [0.29, 0.717) is 0 Å². The van der Waals surface area contributed by atoms with Gasteiger partial charge in [0.1, 0.15) is 0 Å². The Balaban J connectivity index is 2.26.